The van der Waals surface area contributed by atoms with E-state index in [-0.39, 0.29) is 23.4 Å². The van der Waals surface area contributed by atoms with E-state index in [0.29, 0.717) is 0 Å². The van der Waals surface area contributed by atoms with E-state index in [0.717, 1.165) is 12.1 Å². The molecule has 9 nitrogen and oxygen atoms in total. The molecule has 0 aromatic heterocycles. The van der Waals surface area contributed by atoms with E-state index in [1.807, 2.05) is 0 Å². The molecule has 2 unspecified atom stereocenters. The Labute approximate surface area is 138 Å². The van der Waals surface area contributed by atoms with Crippen LogP contribution < -0.4 is 5.32 Å². The molecule has 1 aromatic rings. The molecule has 2 atom stereocenters. The van der Waals surface area contributed by atoms with Gasteiger partial charge in [-0.05, 0) is 32.4 Å². The first-order chi connectivity index (χ1) is 11.0. The van der Waals surface area contributed by atoms with E-state index in [9.17, 15) is 25.1 Å². The van der Waals surface area contributed by atoms with Gasteiger partial charge in [0.05, 0.1) is 16.6 Å². The lowest BCUT2D eigenvalue weighted by molar-refractivity contribution is -0.385. The van der Waals surface area contributed by atoms with Crippen molar-refractivity contribution in [2.24, 2.45) is 0 Å². The van der Waals surface area contributed by atoms with Gasteiger partial charge in [0.15, 0.2) is 0 Å². The smallest absolute Gasteiger partial charge is 0.407 e. The second-order valence-corrected chi connectivity index (χ2v) is 6.08. The number of aliphatic hydroxyl groups is 2. The first kappa shape index (κ1) is 19.3. The van der Waals surface area contributed by atoms with Crippen molar-refractivity contribution in [2.75, 3.05) is 6.54 Å². The minimum absolute atomic E-state index is 0.000705. The van der Waals surface area contributed by atoms with Gasteiger partial charge in [0.25, 0.3) is 5.69 Å². The van der Waals surface area contributed by atoms with Crippen molar-refractivity contribution in [1.29, 1.82) is 5.26 Å². The summed E-state index contributed by atoms with van der Waals surface area (Å²) in [5.41, 5.74) is -1.12. The molecule has 0 radical (unpaired) electrons. The van der Waals surface area contributed by atoms with Crippen LogP contribution in [-0.4, -0.2) is 39.5 Å². The van der Waals surface area contributed by atoms with Gasteiger partial charge in [-0.25, -0.2) is 4.79 Å². The van der Waals surface area contributed by atoms with Gasteiger partial charge in [-0.1, -0.05) is 0 Å². The molecule has 9 heteroatoms. The maximum atomic E-state index is 11.5. The Morgan fingerprint density at radius 3 is 2.54 bits per heavy atom. The standard InChI is InChI=1S/C15H19N3O6/c1-15(2,3)24-14(21)17-8-12(19)13(20)10-4-9(7-16)5-11(6-10)18(22)23/h4-6,12-13,19-20H,8H2,1-3H3,(H,17,21). The summed E-state index contributed by atoms with van der Waals surface area (Å²) in [6.45, 7) is 4.68. The van der Waals surface area contributed by atoms with Gasteiger partial charge in [-0.2, -0.15) is 5.26 Å². The third-order valence-electron chi connectivity index (χ3n) is 2.84. The Morgan fingerprint density at radius 2 is 2.04 bits per heavy atom. The quantitative estimate of drug-likeness (QED) is 0.543. The maximum Gasteiger partial charge on any atom is 0.407 e. The molecule has 130 valence electrons. The summed E-state index contributed by atoms with van der Waals surface area (Å²) >= 11 is 0. The summed E-state index contributed by atoms with van der Waals surface area (Å²) in [4.78, 5) is 21.6. The molecule has 1 amide bonds. The van der Waals surface area contributed by atoms with E-state index < -0.39 is 28.8 Å². The fourth-order valence-electron chi connectivity index (χ4n) is 1.81. The molecule has 1 rings (SSSR count). The predicted octanol–water partition coefficient (Wildman–Crippen LogP) is 1.39. The van der Waals surface area contributed by atoms with Crippen LogP contribution in [0.1, 0.15) is 38.0 Å². The van der Waals surface area contributed by atoms with E-state index >= 15 is 0 Å². The lowest BCUT2D eigenvalue weighted by Crippen LogP contribution is -2.38. The molecule has 0 aliphatic carbocycles. The van der Waals surface area contributed by atoms with Gasteiger partial charge in [-0.15, -0.1) is 0 Å². The number of ether oxygens (including phenoxy) is 1. The van der Waals surface area contributed by atoms with E-state index in [1.54, 1.807) is 26.8 Å². The molecular formula is C15H19N3O6. The summed E-state index contributed by atoms with van der Waals surface area (Å²) < 4.78 is 4.99. The van der Waals surface area contributed by atoms with Crippen molar-refractivity contribution in [3.63, 3.8) is 0 Å². The van der Waals surface area contributed by atoms with Gasteiger partial charge in [-0.3, -0.25) is 10.1 Å². The Balaban J connectivity index is 2.80. The molecular weight excluding hydrogens is 318 g/mol. The zero-order valence-electron chi connectivity index (χ0n) is 13.5. The average Bonchev–Trinajstić information content (AvgIpc) is 2.49. The van der Waals surface area contributed by atoms with Crippen LogP contribution in [0.4, 0.5) is 10.5 Å². The molecule has 0 saturated carbocycles. The normalized spacial score (nSPS) is 13.5. The van der Waals surface area contributed by atoms with Gasteiger partial charge in [0.2, 0.25) is 0 Å². The number of non-ortho nitro benzene ring substituents is 1. The van der Waals surface area contributed by atoms with Crippen molar-refractivity contribution < 1.29 is 24.7 Å². The minimum Gasteiger partial charge on any atom is -0.444 e. The maximum absolute atomic E-state index is 11.5. The Kier molecular flexibility index (Phi) is 6.22. The highest BCUT2D eigenvalue weighted by molar-refractivity contribution is 5.67. The SMILES string of the molecule is CC(C)(C)OC(=O)NCC(O)C(O)c1cc(C#N)cc([N+](=O)[O-])c1. The number of nitrogens with zero attached hydrogens (tertiary/aromatic N) is 2. The molecule has 0 saturated heterocycles. The molecule has 3 N–H and O–H groups in total. The molecule has 24 heavy (non-hydrogen) atoms. The molecule has 0 aliphatic rings. The highest BCUT2D eigenvalue weighted by Crippen LogP contribution is 2.24. The van der Waals surface area contributed by atoms with Crippen molar-refractivity contribution in [3.05, 3.63) is 39.4 Å². The highest BCUT2D eigenvalue weighted by Gasteiger charge is 2.23. The fourth-order valence-corrected chi connectivity index (χ4v) is 1.81. The van der Waals surface area contributed by atoms with Gasteiger partial charge >= 0.3 is 6.09 Å². The number of rotatable bonds is 5. The fraction of sp³-hybridized carbons (Fsp3) is 0.467. The Hall–Kier alpha value is -2.70. The monoisotopic (exact) mass is 337 g/mol. The van der Waals surface area contributed by atoms with Crippen LogP contribution >= 0.6 is 0 Å². The van der Waals surface area contributed by atoms with Gasteiger partial charge < -0.3 is 20.3 Å². The highest BCUT2D eigenvalue weighted by atomic mass is 16.6. The Morgan fingerprint density at radius 1 is 1.42 bits per heavy atom. The number of hydrogen-bond donors (Lipinski definition) is 3. The van der Waals surface area contributed by atoms with Crippen LogP contribution in [0.5, 0.6) is 0 Å². The zero-order chi connectivity index (χ0) is 18.5. The number of alkyl carbamates (subject to hydrolysis) is 1. The summed E-state index contributed by atoms with van der Waals surface area (Å²) in [5, 5.41) is 42.0. The third kappa shape index (κ3) is 5.83. The lowest BCUT2D eigenvalue weighted by atomic mass is 10.0. The lowest BCUT2D eigenvalue weighted by Gasteiger charge is -2.22. The minimum atomic E-state index is -1.52. The summed E-state index contributed by atoms with van der Waals surface area (Å²) in [6.07, 6.45) is -3.73. The molecule has 0 bridgehead atoms. The number of nitrogens with one attached hydrogen (secondary N) is 1. The number of nitriles is 1. The topological polar surface area (TPSA) is 146 Å². The van der Waals surface area contributed by atoms with E-state index in [1.165, 1.54) is 6.07 Å². The van der Waals surface area contributed by atoms with Crippen LogP contribution in [0.25, 0.3) is 0 Å². The van der Waals surface area contributed by atoms with Crippen molar-refractivity contribution in [1.82, 2.24) is 5.32 Å². The molecule has 0 heterocycles. The van der Waals surface area contributed by atoms with Crippen LogP contribution in [0.2, 0.25) is 0 Å². The summed E-state index contributed by atoms with van der Waals surface area (Å²) in [7, 11) is 0. The second-order valence-electron chi connectivity index (χ2n) is 6.08. The summed E-state index contributed by atoms with van der Waals surface area (Å²) in [5.74, 6) is 0. The van der Waals surface area contributed by atoms with Crippen LogP contribution in [0, 0.1) is 21.4 Å². The number of nitro groups is 1. The van der Waals surface area contributed by atoms with Gasteiger partial charge in [0.1, 0.15) is 17.8 Å². The summed E-state index contributed by atoms with van der Waals surface area (Å²) in [6, 6.07) is 5.09. The zero-order valence-corrected chi connectivity index (χ0v) is 13.5. The second kappa shape index (κ2) is 7.72. The van der Waals surface area contributed by atoms with Crippen molar-refractivity contribution in [3.8, 4) is 6.07 Å². The van der Waals surface area contributed by atoms with Crippen LogP contribution in [-0.2, 0) is 4.74 Å². The molecule has 0 spiro atoms. The predicted molar refractivity (Wildman–Crippen MR) is 83.0 cm³/mol. The number of amides is 1. The first-order valence-corrected chi connectivity index (χ1v) is 7.06. The Bertz CT molecular complexity index is 662. The van der Waals surface area contributed by atoms with Crippen molar-refractivity contribution in [2.45, 2.75) is 38.6 Å². The van der Waals surface area contributed by atoms with Gasteiger partial charge in [0, 0.05) is 18.7 Å². The number of hydrogen-bond acceptors (Lipinski definition) is 7. The molecule has 0 aliphatic heterocycles. The van der Waals surface area contributed by atoms with Crippen molar-refractivity contribution >= 4 is 11.8 Å². The number of benzene rings is 1. The number of nitro benzene ring substituents is 1. The number of aliphatic hydroxyl groups excluding tert-OH is 2. The van der Waals surface area contributed by atoms with Crippen LogP contribution in [0.3, 0.4) is 0 Å². The number of carbonyl (C=O) groups is 1. The average molecular weight is 337 g/mol. The number of carbonyl (C=O) groups excluding carboxylic acids is 1. The molecule has 0 fully saturated rings. The third-order valence-corrected chi connectivity index (χ3v) is 2.84. The van der Waals surface area contributed by atoms with E-state index in [2.05, 4.69) is 5.32 Å². The molecule has 1 aromatic carbocycles. The first-order valence-electron chi connectivity index (χ1n) is 7.06. The van der Waals surface area contributed by atoms with E-state index in [4.69, 9.17) is 10.00 Å². The largest absolute Gasteiger partial charge is 0.444 e. The van der Waals surface area contributed by atoms with Crippen LogP contribution in [0.15, 0.2) is 18.2 Å².